The van der Waals surface area contributed by atoms with Crippen LogP contribution in [0.25, 0.3) is 0 Å². The highest BCUT2D eigenvalue weighted by Gasteiger charge is 2.31. The fraction of sp³-hybridized carbons (Fsp3) is 0.500. The SMILES string of the molecule is CC1(C)CCC(NC(=O)c2ccc(F)c(Br)c2)C1. The summed E-state index contributed by atoms with van der Waals surface area (Å²) in [4.78, 5) is 12.0. The van der Waals surface area contributed by atoms with E-state index in [0.29, 0.717) is 15.5 Å². The van der Waals surface area contributed by atoms with E-state index in [2.05, 4.69) is 35.1 Å². The van der Waals surface area contributed by atoms with Crippen LogP contribution in [0.2, 0.25) is 0 Å². The van der Waals surface area contributed by atoms with Gasteiger partial charge in [0, 0.05) is 11.6 Å². The van der Waals surface area contributed by atoms with Crippen LogP contribution < -0.4 is 5.32 Å². The molecular formula is C14H17BrFNO. The second kappa shape index (κ2) is 5.00. The van der Waals surface area contributed by atoms with Crippen LogP contribution in [0.5, 0.6) is 0 Å². The van der Waals surface area contributed by atoms with Gasteiger partial charge < -0.3 is 5.32 Å². The molecule has 0 radical (unpaired) electrons. The molecule has 1 atom stereocenters. The minimum absolute atomic E-state index is 0.126. The van der Waals surface area contributed by atoms with Gasteiger partial charge in [0.05, 0.1) is 4.47 Å². The molecule has 18 heavy (non-hydrogen) atoms. The van der Waals surface area contributed by atoms with Gasteiger partial charge in [-0.05, 0) is 58.8 Å². The van der Waals surface area contributed by atoms with E-state index in [1.165, 1.54) is 18.2 Å². The van der Waals surface area contributed by atoms with Gasteiger partial charge in [-0.15, -0.1) is 0 Å². The van der Waals surface area contributed by atoms with Crippen LogP contribution in [0, 0.1) is 11.2 Å². The maximum absolute atomic E-state index is 13.1. The summed E-state index contributed by atoms with van der Waals surface area (Å²) in [6.07, 6.45) is 3.15. The first-order valence-electron chi connectivity index (χ1n) is 6.13. The average Bonchev–Trinajstić information content (AvgIpc) is 2.62. The fourth-order valence-electron chi connectivity index (χ4n) is 2.47. The van der Waals surface area contributed by atoms with E-state index in [1.54, 1.807) is 0 Å². The summed E-state index contributed by atoms with van der Waals surface area (Å²) in [7, 11) is 0. The van der Waals surface area contributed by atoms with Crippen LogP contribution in [0.3, 0.4) is 0 Å². The third kappa shape index (κ3) is 3.10. The van der Waals surface area contributed by atoms with Crippen molar-refractivity contribution in [3.05, 3.63) is 34.1 Å². The molecule has 98 valence electrons. The number of carbonyl (C=O) groups is 1. The van der Waals surface area contributed by atoms with E-state index in [9.17, 15) is 9.18 Å². The van der Waals surface area contributed by atoms with Gasteiger partial charge in [-0.3, -0.25) is 4.79 Å². The van der Waals surface area contributed by atoms with Crippen molar-refractivity contribution in [3.63, 3.8) is 0 Å². The molecule has 1 saturated carbocycles. The normalized spacial score (nSPS) is 21.9. The monoisotopic (exact) mass is 313 g/mol. The summed E-state index contributed by atoms with van der Waals surface area (Å²) in [6.45, 7) is 4.43. The second-order valence-corrected chi connectivity index (χ2v) is 6.56. The molecule has 1 fully saturated rings. The lowest BCUT2D eigenvalue weighted by molar-refractivity contribution is 0.0936. The molecule has 0 heterocycles. The molecule has 2 nitrogen and oxygen atoms in total. The predicted molar refractivity (Wildman–Crippen MR) is 73.0 cm³/mol. The van der Waals surface area contributed by atoms with Gasteiger partial charge >= 0.3 is 0 Å². The van der Waals surface area contributed by atoms with Crippen molar-refractivity contribution < 1.29 is 9.18 Å². The molecular weight excluding hydrogens is 297 g/mol. The Labute approximate surface area is 115 Å². The Hall–Kier alpha value is -0.900. The van der Waals surface area contributed by atoms with E-state index in [4.69, 9.17) is 0 Å². The van der Waals surface area contributed by atoms with Crippen LogP contribution in [-0.4, -0.2) is 11.9 Å². The van der Waals surface area contributed by atoms with Crippen molar-refractivity contribution >= 4 is 21.8 Å². The highest BCUT2D eigenvalue weighted by molar-refractivity contribution is 9.10. The largest absolute Gasteiger partial charge is 0.349 e. The van der Waals surface area contributed by atoms with Gasteiger partial charge in [-0.2, -0.15) is 0 Å². The third-order valence-electron chi connectivity index (χ3n) is 3.49. The lowest BCUT2D eigenvalue weighted by Crippen LogP contribution is -2.33. The van der Waals surface area contributed by atoms with E-state index in [-0.39, 0.29) is 17.8 Å². The van der Waals surface area contributed by atoms with Gasteiger partial charge in [0.2, 0.25) is 0 Å². The minimum atomic E-state index is -0.353. The van der Waals surface area contributed by atoms with Gasteiger partial charge in [0.1, 0.15) is 5.82 Å². The van der Waals surface area contributed by atoms with Crippen molar-refractivity contribution in [1.29, 1.82) is 0 Å². The summed E-state index contributed by atoms with van der Waals surface area (Å²) in [5, 5.41) is 3.02. The van der Waals surface area contributed by atoms with Crippen LogP contribution in [0.1, 0.15) is 43.5 Å². The Balaban J connectivity index is 2.02. The predicted octanol–water partition coefficient (Wildman–Crippen LogP) is 3.90. The topological polar surface area (TPSA) is 29.1 Å². The molecule has 4 heteroatoms. The summed E-state index contributed by atoms with van der Waals surface area (Å²) in [6, 6.07) is 4.56. The van der Waals surface area contributed by atoms with Gasteiger partial charge in [0.25, 0.3) is 5.91 Å². The van der Waals surface area contributed by atoms with Crippen LogP contribution in [0.15, 0.2) is 22.7 Å². The van der Waals surface area contributed by atoms with E-state index < -0.39 is 0 Å². The zero-order valence-corrected chi connectivity index (χ0v) is 12.2. The van der Waals surface area contributed by atoms with Gasteiger partial charge in [-0.1, -0.05) is 13.8 Å². The van der Waals surface area contributed by atoms with Crippen LogP contribution in [-0.2, 0) is 0 Å². The van der Waals surface area contributed by atoms with Gasteiger partial charge in [0.15, 0.2) is 0 Å². The van der Waals surface area contributed by atoms with Crippen molar-refractivity contribution in [3.8, 4) is 0 Å². The number of amides is 1. The van der Waals surface area contributed by atoms with Crippen molar-refractivity contribution in [2.45, 2.75) is 39.2 Å². The number of hydrogen-bond donors (Lipinski definition) is 1. The van der Waals surface area contributed by atoms with Crippen molar-refractivity contribution in [2.24, 2.45) is 5.41 Å². The number of halogens is 2. The molecule has 1 amide bonds. The minimum Gasteiger partial charge on any atom is -0.349 e. The van der Waals surface area contributed by atoms with Crippen LogP contribution in [0.4, 0.5) is 4.39 Å². The first-order chi connectivity index (χ1) is 8.37. The van der Waals surface area contributed by atoms with Crippen molar-refractivity contribution in [1.82, 2.24) is 5.32 Å². The molecule has 0 aromatic heterocycles. The van der Waals surface area contributed by atoms with Crippen molar-refractivity contribution in [2.75, 3.05) is 0 Å². The number of nitrogens with one attached hydrogen (secondary N) is 1. The Morgan fingerprint density at radius 3 is 2.78 bits per heavy atom. The summed E-state index contributed by atoms with van der Waals surface area (Å²) >= 11 is 3.09. The Morgan fingerprint density at radius 2 is 2.22 bits per heavy atom. The molecule has 0 saturated heterocycles. The summed E-state index contributed by atoms with van der Waals surface area (Å²) < 4.78 is 13.4. The van der Waals surface area contributed by atoms with E-state index in [0.717, 1.165) is 19.3 Å². The number of carbonyl (C=O) groups excluding carboxylic acids is 1. The fourth-order valence-corrected chi connectivity index (χ4v) is 2.84. The highest BCUT2D eigenvalue weighted by Crippen LogP contribution is 2.37. The number of benzene rings is 1. The Bertz CT molecular complexity index is 473. The smallest absolute Gasteiger partial charge is 0.251 e. The zero-order valence-electron chi connectivity index (χ0n) is 10.6. The van der Waals surface area contributed by atoms with E-state index in [1.807, 2.05) is 0 Å². The molecule has 1 aliphatic carbocycles. The first-order valence-corrected chi connectivity index (χ1v) is 6.93. The lowest BCUT2D eigenvalue weighted by Gasteiger charge is -2.18. The number of rotatable bonds is 2. The standard InChI is InChI=1S/C14H17BrFNO/c1-14(2)6-5-10(8-14)17-13(18)9-3-4-12(16)11(15)7-9/h3-4,7,10H,5-6,8H2,1-2H3,(H,17,18). The quantitative estimate of drug-likeness (QED) is 0.881. The molecule has 0 bridgehead atoms. The van der Waals surface area contributed by atoms with Crippen LogP contribution >= 0.6 is 15.9 Å². The molecule has 1 N–H and O–H groups in total. The average molecular weight is 314 g/mol. The maximum Gasteiger partial charge on any atom is 0.251 e. The van der Waals surface area contributed by atoms with E-state index >= 15 is 0 Å². The van der Waals surface area contributed by atoms with Gasteiger partial charge in [-0.25, -0.2) is 4.39 Å². The summed E-state index contributed by atoms with van der Waals surface area (Å²) in [5.74, 6) is -0.480. The highest BCUT2D eigenvalue weighted by atomic mass is 79.9. The molecule has 1 aromatic rings. The molecule has 1 aliphatic rings. The molecule has 2 rings (SSSR count). The Morgan fingerprint density at radius 1 is 1.50 bits per heavy atom. The molecule has 0 spiro atoms. The third-order valence-corrected chi connectivity index (χ3v) is 4.09. The molecule has 1 unspecified atom stereocenters. The molecule has 1 aromatic carbocycles. The maximum atomic E-state index is 13.1. The zero-order chi connectivity index (χ0) is 13.3. The Kier molecular flexibility index (Phi) is 3.76. The number of hydrogen-bond acceptors (Lipinski definition) is 1. The molecule has 0 aliphatic heterocycles. The second-order valence-electron chi connectivity index (χ2n) is 5.71. The first kappa shape index (κ1) is 13.5. The summed E-state index contributed by atoms with van der Waals surface area (Å²) in [5.41, 5.74) is 0.800. The lowest BCUT2D eigenvalue weighted by atomic mass is 9.92.